The topological polar surface area (TPSA) is 71.0 Å². The SMILES string of the molecule is COC(=O)CC1CCc2ccc(NC(=O)c3ccc(/C=N/N4CCCCC4)cc3)cc2C1. The van der Waals surface area contributed by atoms with Gasteiger partial charge in [-0.1, -0.05) is 18.2 Å². The number of nitrogens with one attached hydrogen (secondary N) is 1. The lowest BCUT2D eigenvalue weighted by atomic mass is 9.82. The van der Waals surface area contributed by atoms with Crippen molar-refractivity contribution in [1.29, 1.82) is 0 Å². The number of methoxy groups -OCH3 is 1. The smallest absolute Gasteiger partial charge is 0.305 e. The zero-order chi connectivity index (χ0) is 22.3. The fourth-order valence-corrected chi connectivity index (χ4v) is 4.47. The first-order valence-electron chi connectivity index (χ1n) is 11.5. The second-order valence-corrected chi connectivity index (χ2v) is 8.71. The van der Waals surface area contributed by atoms with Crippen molar-refractivity contribution in [3.63, 3.8) is 0 Å². The average Bonchev–Trinajstić information content (AvgIpc) is 2.83. The molecular weight excluding hydrogens is 402 g/mol. The number of hydrogen-bond donors (Lipinski definition) is 1. The van der Waals surface area contributed by atoms with Crippen molar-refractivity contribution in [2.75, 3.05) is 25.5 Å². The number of piperidine rings is 1. The van der Waals surface area contributed by atoms with Crippen molar-refractivity contribution >= 4 is 23.8 Å². The Balaban J connectivity index is 1.36. The molecule has 168 valence electrons. The largest absolute Gasteiger partial charge is 0.469 e. The molecule has 0 saturated carbocycles. The first kappa shape index (κ1) is 22.1. The van der Waals surface area contributed by atoms with Gasteiger partial charge in [0.05, 0.1) is 13.3 Å². The van der Waals surface area contributed by atoms with Crippen LogP contribution >= 0.6 is 0 Å². The zero-order valence-corrected chi connectivity index (χ0v) is 18.7. The number of carbonyl (C=O) groups is 2. The number of aryl methyl sites for hydroxylation is 1. The Morgan fingerprint density at radius 3 is 2.62 bits per heavy atom. The van der Waals surface area contributed by atoms with E-state index in [0.717, 1.165) is 43.6 Å². The third-order valence-electron chi connectivity index (χ3n) is 6.35. The van der Waals surface area contributed by atoms with E-state index in [4.69, 9.17) is 4.74 Å². The standard InChI is InChI=1S/C26H31N3O3/c1-32-25(30)16-20-7-8-21-11-12-24(17-23(21)15-20)28-26(31)22-9-5-19(6-10-22)18-27-29-13-3-2-4-14-29/h5-6,9-12,17-18,20H,2-4,7-8,13-16H2,1H3,(H,28,31)/b27-18+. The molecule has 6 heteroatoms. The molecule has 1 heterocycles. The molecule has 1 atom stereocenters. The van der Waals surface area contributed by atoms with Gasteiger partial charge in [0.25, 0.3) is 5.91 Å². The summed E-state index contributed by atoms with van der Waals surface area (Å²) in [5.41, 5.74) is 4.87. The fourth-order valence-electron chi connectivity index (χ4n) is 4.47. The lowest BCUT2D eigenvalue weighted by Gasteiger charge is -2.24. The first-order chi connectivity index (χ1) is 15.6. The van der Waals surface area contributed by atoms with Crippen LogP contribution in [0.15, 0.2) is 47.6 Å². The highest BCUT2D eigenvalue weighted by molar-refractivity contribution is 6.04. The van der Waals surface area contributed by atoms with Crippen molar-refractivity contribution in [3.05, 3.63) is 64.7 Å². The minimum absolute atomic E-state index is 0.133. The van der Waals surface area contributed by atoms with Gasteiger partial charge in [-0.15, -0.1) is 0 Å². The number of fused-ring (bicyclic) bond motifs is 1. The van der Waals surface area contributed by atoms with Crippen LogP contribution in [0.2, 0.25) is 0 Å². The maximum Gasteiger partial charge on any atom is 0.305 e. The van der Waals surface area contributed by atoms with E-state index >= 15 is 0 Å². The van der Waals surface area contributed by atoms with Crippen LogP contribution in [0.3, 0.4) is 0 Å². The molecule has 1 N–H and O–H groups in total. The number of benzene rings is 2. The highest BCUT2D eigenvalue weighted by Crippen LogP contribution is 2.30. The van der Waals surface area contributed by atoms with E-state index < -0.39 is 0 Å². The van der Waals surface area contributed by atoms with Gasteiger partial charge in [0.2, 0.25) is 0 Å². The van der Waals surface area contributed by atoms with Crippen LogP contribution in [0.25, 0.3) is 0 Å². The second kappa shape index (κ2) is 10.4. The number of rotatable bonds is 6. The Morgan fingerprint density at radius 1 is 1.09 bits per heavy atom. The van der Waals surface area contributed by atoms with Crippen LogP contribution < -0.4 is 5.32 Å². The van der Waals surface area contributed by atoms with Gasteiger partial charge < -0.3 is 10.1 Å². The minimum Gasteiger partial charge on any atom is -0.469 e. The number of anilines is 1. The molecule has 2 aromatic rings. The number of hydrogen-bond acceptors (Lipinski definition) is 5. The van der Waals surface area contributed by atoms with Crippen LogP contribution in [-0.2, 0) is 22.4 Å². The van der Waals surface area contributed by atoms with E-state index in [9.17, 15) is 9.59 Å². The lowest BCUT2D eigenvalue weighted by molar-refractivity contribution is -0.141. The summed E-state index contributed by atoms with van der Waals surface area (Å²) in [4.78, 5) is 24.4. The van der Waals surface area contributed by atoms with Gasteiger partial charge in [-0.2, -0.15) is 5.10 Å². The van der Waals surface area contributed by atoms with Crippen molar-refractivity contribution in [1.82, 2.24) is 5.01 Å². The Morgan fingerprint density at radius 2 is 1.88 bits per heavy atom. The monoisotopic (exact) mass is 433 g/mol. The molecule has 6 nitrogen and oxygen atoms in total. The van der Waals surface area contributed by atoms with Crippen LogP contribution in [0, 0.1) is 5.92 Å². The Kier molecular flexibility index (Phi) is 7.20. The molecule has 4 rings (SSSR count). The molecule has 32 heavy (non-hydrogen) atoms. The van der Waals surface area contributed by atoms with Crippen LogP contribution in [-0.4, -0.2) is 43.3 Å². The van der Waals surface area contributed by atoms with E-state index in [0.29, 0.717) is 17.9 Å². The third-order valence-corrected chi connectivity index (χ3v) is 6.35. The second-order valence-electron chi connectivity index (χ2n) is 8.71. The summed E-state index contributed by atoms with van der Waals surface area (Å²) in [5.74, 6) is -0.00114. The number of hydrazone groups is 1. The van der Waals surface area contributed by atoms with Crippen LogP contribution in [0.1, 0.15) is 59.2 Å². The number of carbonyl (C=O) groups excluding carboxylic acids is 2. The van der Waals surface area contributed by atoms with Gasteiger partial charge in [0.1, 0.15) is 0 Å². The first-order valence-corrected chi connectivity index (χ1v) is 11.5. The van der Waals surface area contributed by atoms with Crippen LogP contribution in [0.4, 0.5) is 5.69 Å². The van der Waals surface area contributed by atoms with Crippen molar-refractivity contribution < 1.29 is 14.3 Å². The summed E-state index contributed by atoms with van der Waals surface area (Å²) < 4.78 is 4.81. The van der Waals surface area contributed by atoms with E-state index in [1.807, 2.05) is 42.6 Å². The number of nitrogens with zero attached hydrogens (tertiary/aromatic N) is 2. The van der Waals surface area contributed by atoms with Crippen molar-refractivity contribution in [3.8, 4) is 0 Å². The summed E-state index contributed by atoms with van der Waals surface area (Å²) in [6.45, 7) is 2.03. The quantitative estimate of drug-likeness (QED) is 0.541. The Bertz CT molecular complexity index is 978. The van der Waals surface area contributed by atoms with E-state index in [1.165, 1.54) is 37.5 Å². The van der Waals surface area contributed by atoms with Gasteiger partial charge in [0.15, 0.2) is 0 Å². The molecule has 2 aromatic carbocycles. The van der Waals surface area contributed by atoms with Gasteiger partial charge >= 0.3 is 5.97 Å². The molecule has 1 aliphatic heterocycles. The van der Waals surface area contributed by atoms with E-state index in [2.05, 4.69) is 21.5 Å². The van der Waals surface area contributed by atoms with Crippen molar-refractivity contribution in [2.24, 2.45) is 11.0 Å². The highest BCUT2D eigenvalue weighted by Gasteiger charge is 2.22. The summed E-state index contributed by atoms with van der Waals surface area (Å²) in [7, 11) is 1.43. The summed E-state index contributed by atoms with van der Waals surface area (Å²) in [6.07, 6.45) is 8.76. The summed E-state index contributed by atoms with van der Waals surface area (Å²) in [5, 5.41) is 9.66. The predicted octanol–water partition coefficient (Wildman–Crippen LogP) is 4.43. The zero-order valence-electron chi connectivity index (χ0n) is 18.7. The van der Waals surface area contributed by atoms with E-state index in [1.54, 1.807) is 0 Å². The fraction of sp³-hybridized carbons (Fsp3) is 0.423. The Hall–Kier alpha value is -3.15. The molecule has 1 fully saturated rings. The van der Waals surface area contributed by atoms with Gasteiger partial charge in [-0.3, -0.25) is 14.6 Å². The summed E-state index contributed by atoms with van der Waals surface area (Å²) in [6, 6.07) is 13.6. The molecule has 0 radical (unpaired) electrons. The van der Waals surface area contributed by atoms with Gasteiger partial charge in [-0.25, -0.2) is 0 Å². The number of ether oxygens (including phenoxy) is 1. The molecular formula is C26H31N3O3. The minimum atomic E-state index is -0.160. The number of amides is 1. The molecule has 1 unspecified atom stereocenters. The van der Waals surface area contributed by atoms with Crippen molar-refractivity contribution in [2.45, 2.75) is 44.9 Å². The molecule has 0 bridgehead atoms. The Labute approximate surface area is 189 Å². The molecule has 0 spiro atoms. The maximum atomic E-state index is 12.7. The highest BCUT2D eigenvalue weighted by atomic mass is 16.5. The van der Waals surface area contributed by atoms with Gasteiger partial charge in [-0.05, 0) is 85.4 Å². The van der Waals surface area contributed by atoms with Gasteiger partial charge in [0, 0.05) is 30.8 Å². The third kappa shape index (κ3) is 5.75. The maximum absolute atomic E-state index is 12.7. The lowest BCUT2D eigenvalue weighted by Crippen LogP contribution is -2.24. The van der Waals surface area contributed by atoms with E-state index in [-0.39, 0.29) is 11.9 Å². The molecule has 1 aliphatic carbocycles. The molecule has 2 aliphatic rings. The molecule has 1 amide bonds. The summed E-state index contributed by atoms with van der Waals surface area (Å²) >= 11 is 0. The number of esters is 1. The normalized spacial score (nSPS) is 18.3. The molecule has 1 saturated heterocycles. The molecule has 0 aromatic heterocycles. The predicted molar refractivity (Wildman–Crippen MR) is 126 cm³/mol. The van der Waals surface area contributed by atoms with Crippen LogP contribution in [0.5, 0.6) is 0 Å². The average molecular weight is 434 g/mol.